The predicted octanol–water partition coefficient (Wildman–Crippen LogP) is 4.60. The molecule has 1 unspecified atom stereocenters. The van der Waals surface area contributed by atoms with E-state index in [-0.39, 0.29) is 0 Å². The molecule has 0 bridgehead atoms. The SMILES string of the molecule is CCCC(CBr)CSc1cc(C)cc(C)n1. The van der Waals surface area contributed by atoms with E-state index in [1.165, 1.54) is 23.4 Å². The third-order valence-electron chi connectivity index (χ3n) is 2.46. The summed E-state index contributed by atoms with van der Waals surface area (Å²) in [6, 6.07) is 4.30. The number of rotatable bonds is 6. The number of aryl methyl sites for hydroxylation is 2. The largest absolute Gasteiger partial charge is 0.247 e. The number of thioether (sulfide) groups is 1. The quantitative estimate of drug-likeness (QED) is 0.562. The first-order valence-corrected chi connectivity index (χ1v) is 7.90. The van der Waals surface area contributed by atoms with Crippen molar-refractivity contribution in [3.8, 4) is 0 Å². The third-order valence-corrected chi connectivity index (χ3v) is 4.51. The molecule has 0 aromatic carbocycles. The zero-order valence-corrected chi connectivity index (χ0v) is 12.7. The van der Waals surface area contributed by atoms with Gasteiger partial charge >= 0.3 is 0 Å². The minimum absolute atomic E-state index is 0.762. The van der Waals surface area contributed by atoms with Crippen LogP contribution in [0.25, 0.3) is 0 Å². The maximum Gasteiger partial charge on any atom is 0.0965 e. The number of pyridine rings is 1. The molecule has 1 atom stereocenters. The van der Waals surface area contributed by atoms with Gasteiger partial charge in [0.15, 0.2) is 0 Å². The van der Waals surface area contributed by atoms with Crippen molar-refractivity contribution in [2.45, 2.75) is 38.6 Å². The normalized spacial score (nSPS) is 12.8. The van der Waals surface area contributed by atoms with E-state index in [9.17, 15) is 0 Å². The van der Waals surface area contributed by atoms with Gasteiger partial charge in [0.05, 0.1) is 5.03 Å². The van der Waals surface area contributed by atoms with Crippen molar-refractivity contribution in [3.63, 3.8) is 0 Å². The van der Waals surface area contributed by atoms with Gasteiger partial charge in [-0.15, -0.1) is 11.8 Å². The fourth-order valence-electron chi connectivity index (χ4n) is 1.69. The first-order chi connectivity index (χ1) is 7.65. The first-order valence-electron chi connectivity index (χ1n) is 5.79. The zero-order chi connectivity index (χ0) is 12.0. The van der Waals surface area contributed by atoms with Crippen molar-refractivity contribution in [1.29, 1.82) is 0 Å². The summed E-state index contributed by atoms with van der Waals surface area (Å²) in [5, 5.41) is 2.26. The Morgan fingerprint density at radius 3 is 2.69 bits per heavy atom. The van der Waals surface area contributed by atoms with Crippen molar-refractivity contribution in [2.24, 2.45) is 5.92 Å². The Bertz CT molecular complexity index is 307. The fraction of sp³-hybridized carbons (Fsp3) is 0.615. The smallest absolute Gasteiger partial charge is 0.0965 e. The molecule has 0 spiro atoms. The minimum atomic E-state index is 0.762. The second-order valence-corrected chi connectivity index (χ2v) is 5.93. The van der Waals surface area contributed by atoms with Crippen LogP contribution in [0.15, 0.2) is 17.2 Å². The van der Waals surface area contributed by atoms with Gasteiger partial charge in [0.1, 0.15) is 0 Å². The summed E-state index contributed by atoms with van der Waals surface area (Å²) in [4.78, 5) is 4.55. The molecular formula is C13H20BrNS. The van der Waals surface area contributed by atoms with Crippen LogP contribution in [0.5, 0.6) is 0 Å². The molecule has 16 heavy (non-hydrogen) atoms. The second-order valence-electron chi connectivity index (χ2n) is 4.24. The topological polar surface area (TPSA) is 12.9 Å². The molecule has 3 heteroatoms. The van der Waals surface area contributed by atoms with Crippen LogP contribution in [0.1, 0.15) is 31.0 Å². The molecule has 0 aliphatic heterocycles. The number of halogens is 1. The van der Waals surface area contributed by atoms with Crippen molar-refractivity contribution >= 4 is 27.7 Å². The lowest BCUT2D eigenvalue weighted by Crippen LogP contribution is -2.05. The third kappa shape index (κ3) is 4.88. The highest BCUT2D eigenvalue weighted by atomic mass is 79.9. The molecule has 1 rings (SSSR count). The van der Waals surface area contributed by atoms with Crippen LogP contribution in [-0.2, 0) is 0 Å². The van der Waals surface area contributed by atoms with Gasteiger partial charge in [0.25, 0.3) is 0 Å². The molecule has 1 aromatic rings. The average molecular weight is 302 g/mol. The highest BCUT2D eigenvalue weighted by Crippen LogP contribution is 2.23. The summed E-state index contributed by atoms with van der Waals surface area (Å²) in [7, 11) is 0. The Morgan fingerprint density at radius 1 is 1.38 bits per heavy atom. The highest BCUT2D eigenvalue weighted by molar-refractivity contribution is 9.09. The van der Waals surface area contributed by atoms with E-state index in [1.54, 1.807) is 0 Å². The molecule has 1 nitrogen and oxygen atoms in total. The highest BCUT2D eigenvalue weighted by Gasteiger charge is 2.07. The van der Waals surface area contributed by atoms with Gasteiger partial charge in [-0.25, -0.2) is 4.98 Å². The fourth-order valence-corrected chi connectivity index (χ4v) is 3.72. The lowest BCUT2D eigenvalue weighted by molar-refractivity contribution is 0.597. The second kappa shape index (κ2) is 7.33. The molecule has 0 amide bonds. The number of hydrogen-bond acceptors (Lipinski definition) is 2. The number of hydrogen-bond donors (Lipinski definition) is 0. The van der Waals surface area contributed by atoms with Crippen LogP contribution in [0.2, 0.25) is 0 Å². The minimum Gasteiger partial charge on any atom is -0.247 e. The molecule has 1 heterocycles. The molecule has 1 aromatic heterocycles. The molecule has 0 saturated heterocycles. The van der Waals surface area contributed by atoms with Gasteiger partial charge in [-0.3, -0.25) is 0 Å². The van der Waals surface area contributed by atoms with Crippen LogP contribution >= 0.6 is 27.7 Å². The molecule has 0 aliphatic rings. The van der Waals surface area contributed by atoms with Crippen LogP contribution < -0.4 is 0 Å². The van der Waals surface area contributed by atoms with Crippen LogP contribution in [0.4, 0.5) is 0 Å². The van der Waals surface area contributed by atoms with E-state index < -0.39 is 0 Å². The molecule has 0 N–H and O–H groups in total. The summed E-state index contributed by atoms with van der Waals surface area (Å²) in [5.41, 5.74) is 2.43. The number of nitrogens with zero attached hydrogens (tertiary/aromatic N) is 1. The van der Waals surface area contributed by atoms with Crippen molar-refractivity contribution in [1.82, 2.24) is 4.98 Å². The summed E-state index contributed by atoms with van der Waals surface area (Å²) in [6.07, 6.45) is 2.56. The van der Waals surface area contributed by atoms with Gasteiger partial charge in [0, 0.05) is 16.8 Å². The lowest BCUT2D eigenvalue weighted by Gasteiger charge is -2.12. The van der Waals surface area contributed by atoms with Gasteiger partial charge in [-0.05, 0) is 43.9 Å². The first kappa shape index (κ1) is 14.0. The number of alkyl halides is 1. The van der Waals surface area contributed by atoms with E-state index >= 15 is 0 Å². The lowest BCUT2D eigenvalue weighted by atomic mass is 10.1. The molecule has 90 valence electrons. The van der Waals surface area contributed by atoms with E-state index in [1.807, 2.05) is 11.8 Å². The van der Waals surface area contributed by atoms with E-state index in [2.05, 4.69) is 53.8 Å². The standard InChI is InChI=1S/C13H20BrNS/c1-4-5-12(8-14)9-16-13-7-10(2)6-11(3)15-13/h6-7,12H,4-5,8-9H2,1-3H3. The monoisotopic (exact) mass is 301 g/mol. The summed E-state index contributed by atoms with van der Waals surface area (Å²) in [6.45, 7) is 6.44. The van der Waals surface area contributed by atoms with E-state index in [0.29, 0.717) is 0 Å². The Morgan fingerprint density at radius 2 is 2.12 bits per heavy atom. The molecule has 0 fully saturated rings. The van der Waals surface area contributed by atoms with Crippen molar-refractivity contribution in [2.75, 3.05) is 11.1 Å². The van der Waals surface area contributed by atoms with Crippen LogP contribution in [0, 0.1) is 19.8 Å². The van der Waals surface area contributed by atoms with Gasteiger partial charge in [0.2, 0.25) is 0 Å². The predicted molar refractivity (Wildman–Crippen MR) is 76.6 cm³/mol. The Hall–Kier alpha value is -0.0200. The summed E-state index contributed by atoms with van der Waals surface area (Å²) in [5.74, 6) is 1.92. The molecule has 0 radical (unpaired) electrons. The van der Waals surface area contributed by atoms with E-state index in [4.69, 9.17) is 0 Å². The molecule has 0 saturated carbocycles. The molecular weight excluding hydrogens is 282 g/mol. The Kier molecular flexibility index (Phi) is 6.44. The van der Waals surface area contributed by atoms with Crippen LogP contribution in [-0.4, -0.2) is 16.1 Å². The molecule has 0 aliphatic carbocycles. The summed E-state index contributed by atoms with van der Waals surface area (Å²) >= 11 is 5.47. The zero-order valence-electron chi connectivity index (χ0n) is 10.3. The maximum atomic E-state index is 4.55. The Labute approximate surface area is 112 Å². The average Bonchev–Trinajstić information content (AvgIpc) is 2.23. The van der Waals surface area contributed by atoms with E-state index in [0.717, 1.165) is 22.7 Å². The van der Waals surface area contributed by atoms with Crippen molar-refractivity contribution < 1.29 is 0 Å². The Balaban J connectivity index is 2.52. The van der Waals surface area contributed by atoms with Crippen molar-refractivity contribution in [3.05, 3.63) is 23.4 Å². The van der Waals surface area contributed by atoms with Gasteiger partial charge in [-0.1, -0.05) is 29.3 Å². The summed E-state index contributed by atoms with van der Waals surface area (Å²) < 4.78 is 0. The van der Waals surface area contributed by atoms with Gasteiger partial charge in [-0.2, -0.15) is 0 Å². The number of aromatic nitrogens is 1. The van der Waals surface area contributed by atoms with Gasteiger partial charge < -0.3 is 0 Å². The maximum absolute atomic E-state index is 4.55. The van der Waals surface area contributed by atoms with Crippen LogP contribution in [0.3, 0.4) is 0 Å².